The van der Waals surface area contributed by atoms with Crippen LogP contribution in [0.25, 0.3) is 11.0 Å². The number of nitrogens with zero attached hydrogens (tertiary/aromatic N) is 6. The Balaban J connectivity index is 1.79. The summed E-state index contributed by atoms with van der Waals surface area (Å²) in [5, 5.41) is 24.9. The van der Waals surface area contributed by atoms with E-state index in [4.69, 9.17) is 0 Å². The van der Waals surface area contributed by atoms with Gasteiger partial charge in [-0.25, -0.2) is 0 Å². The van der Waals surface area contributed by atoms with Crippen LogP contribution in [0.3, 0.4) is 0 Å². The van der Waals surface area contributed by atoms with Gasteiger partial charge in [-0.15, -0.1) is 5.10 Å². The molecule has 0 aliphatic heterocycles. The summed E-state index contributed by atoms with van der Waals surface area (Å²) in [5.41, 5.74) is 0.981. The first-order valence-corrected chi connectivity index (χ1v) is 7.18. The molecule has 0 saturated heterocycles. The molecular weight excluding hydrogens is 330 g/mol. The predicted octanol–water partition coefficient (Wildman–Crippen LogP) is 0.380. The highest BCUT2D eigenvalue weighted by molar-refractivity contribution is 5.90. The van der Waals surface area contributed by atoms with Crippen LogP contribution >= 0.6 is 0 Å². The summed E-state index contributed by atoms with van der Waals surface area (Å²) in [7, 11) is 1.68. The Hall–Kier alpha value is -3.63. The summed E-state index contributed by atoms with van der Waals surface area (Å²) >= 11 is 0. The van der Waals surface area contributed by atoms with Gasteiger partial charge in [0.05, 0.1) is 10.6 Å². The highest BCUT2D eigenvalue weighted by atomic mass is 16.6. The first kappa shape index (κ1) is 16.2. The molecule has 0 radical (unpaired) electrons. The molecule has 0 spiro atoms. The van der Waals surface area contributed by atoms with Crippen molar-refractivity contribution in [2.24, 2.45) is 7.05 Å². The SMILES string of the molecule is Cc1c2nnn(CC(=O)Nc3ccc([N+](=O)[O-])cc3)c(=O)c2nn1C. The number of rotatable bonds is 4. The van der Waals surface area contributed by atoms with Gasteiger partial charge in [-0.3, -0.25) is 24.4 Å². The molecular formula is C14H13N7O4. The quantitative estimate of drug-likeness (QED) is 0.534. The fourth-order valence-electron chi connectivity index (χ4n) is 2.23. The van der Waals surface area contributed by atoms with Crippen LogP contribution in [0.15, 0.2) is 29.1 Å². The maximum Gasteiger partial charge on any atom is 0.298 e. The third kappa shape index (κ3) is 3.06. The smallest absolute Gasteiger partial charge is 0.298 e. The highest BCUT2D eigenvalue weighted by Gasteiger charge is 2.15. The van der Waals surface area contributed by atoms with Crippen LogP contribution in [-0.2, 0) is 18.4 Å². The van der Waals surface area contributed by atoms with E-state index in [0.717, 1.165) is 4.68 Å². The molecule has 0 atom stereocenters. The van der Waals surface area contributed by atoms with E-state index in [-0.39, 0.29) is 17.7 Å². The average Bonchev–Trinajstić information content (AvgIpc) is 2.86. The number of aromatic nitrogens is 5. The molecule has 2 aromatic heterocycles. The number of anilines is 1. The topological polar surface area (TPSA) is 138 Å². The molecule has 11 heteroatoms. The number of non-ortho nitro benzene ring substituents is 1. The molecule has 2 heterocycles. The molecule has 0 aliphatic carbocycles. The Morgan fingerprint density at radius 1 is 1.28 bits per heavy atom. The Bertz CT molecular complexity index is 1040. The lowest BCUT2D eigenvalue weighted by Crippen LogP contribution is -2.30. The van der Waals surface area contributed by atoms with Crippen molar-refractivity contribution in [1.29, 1.82) is 0 Å². The van der Waals surface area contributed by atoms with Crippen LogP contribution in [0.5, 0.6) is 0 Å². The van der Waals surface area contributed by atoms with Crippen molar-refractivity contribution in [3.8, 4) is 0 Å². The van der Waals surface area contributed by atoms with Crippen molar-refractivity contribution in [2.75, 3.05) is 5.32 Å². The van der Waals surface area contributed by atoms with Crippen LogP contribution in [0.2, 0.25) is 0 Å². The van der Waals surface area contributed by atoms with Crippen LogP contribution in [0, 0.1) is 17.0 Å². The molecule has 0 unspecified atom stereocenters. The minimum Gasteiger partial charge on any atom is -0.324 e. The second kappa shape index (κ2) is 6.11. The van der Waals surface area contributed by atoms with E-state index in [9.17, 15) is 19.7 Å². The van der Waals surface area contributed by atoms with Crippen molar-refractivity contribution < 1.29 is 9.72 Å². The van der Waals surface area contributed by atoms with Crippen LogP contribution < -0.4 is 10.9 Å². The van der Waals surface area contributed by atoms with Gasteiger partial charge in [-0.2, -0.15) is 9.78 Å². The molecule has 1 aromatic carbocycles. The van der Waals surface area contributed by atoms with Gasteiger partial charge in [0.1, 0.15) is 12.1 Å². The molecule has 3 aromatic rings. The van der Waals surface area contributed by atoms with Gasteiger partial charge in [0, 0.05) is 24.9 Å². The number of nitrogens with one attached hydrogen (secondary N) is 1. The number of aryl methyl sites for hydroxylation is 2. The maximum atomic E-state index is 12.3. The Morgan fingerprint density at radius 2 is 1.96 bits per heavy atom. The molecule has 128 valence electrons. The monoisotopic (exact) mass is 343 g/mol. The lowest BCUT2D eigenvalue weighted by atomic mass is 10.3. The molecule has 0 saturated carbocycles. The number of fused-ring (bicyclic) bond motifs is 1. The fraction of sp³-hybridized carbons (Fsp3) is 0.214. The summed E-state index contributed by atoms with van der Waals surface area (Å²) in [6.07, 6.45) is 0. The minimum atomic E-state index is -0.537. The molecule has 1 amide bonds. The summed E-state index contributed by atoms with van der Waals surface area (Å²) in [4.78, 5) is 34.5. The van der Waals surface area contributed by atoms with Crippen molar-refractivity contribution in [1.82, 2.24) is 24.8 Å². The number of nitro groups is 1. The Morgan fingerprint density at radius 3 is 2.60 bits per heavy atom. The van der Waals surface area contributed by atoms with E-state index in [1.165, 1.54) is 28.9 Å². The van der Waals surface area contributed by atoms with Crippen molar-refractivity contribution in [2.45, 2.75) is 13.5 Å². The number of nitro benzene ring substituents is 1. The second-order valence-electron chi connectivity index (χ2n) is 5.31. The third-order valence-corrected chi connectivity index (χ3v) is 3.65. The number of benzene rings is 1. The minimum absolute atomic E-state index is 0.0870. The normalized spacial score (nSPS) is 10.8. The van der Waals surface area contributed by atoms with Crippen molar-refractivity contribution in [3.05, 3.63) is 50.4 Å². The van der Waals surface area contributed by atoms with Gasteiger partial charge in [0.25, 0.3) is 11.2 Å². The molecule has 1 N–H and O–H groups in total. The molecule has 11 nitrogen and oxygen atoms in total. The first-order valence-electron chi connectivity index (χ1n) is 7.18. The van der Waals surface area contributed by atoms with Gasteiger partial charge in [-0.05, 0) is 19.1 Å². The molecule has 0 aliphatic rings. The number of hydrogen-bond donors (Lipinski definition) is 1. The molecule has 0 fully saturated rings. The van der Waals surface area contributed by atoms with E-state index in [2.05, 4.69) is 20.7 Å². The maximum absolute atomic E-state index is 12.3. The Labute approximate surface area is 140 Å². The van der Waals surface area contributed by atoms with Crippen molar-refractivity contribution >= 4 is 28.3 Å². The zero-order valence-corrected chi connectivity index (χ0v) is 13.3. The summed E-state index contributed by atoms with van der Waals surface area (Å²) in [6.45, 7) is 1.41. The third-order valence-electron chi connectivity index (χ3n) is 3.65. The molecule has 25 heavy (non-hydrogen) atoms. The summed E-state index contributed by atoms with van der Waals surface area (Å²) in [5.74, 6) is -0.516. The van der Waals surface area contributed by atoms with Gasteiger partial charge in [0.15, 0.2) is 5.52 Å². The van der Waals surface area contributed by atoms with Gasteiger partial charge >= 0.3 is 0 Å². The second-order valence-corrected chi connectivity index (χ2v) is 5.31. The zero-order valence-electron chi connectivity index (χ0n) is 13.3. The van der Waals surface area contributed by atoms with Crippen LogP contribution in [-0.4, -0.2) is 35.6 Å². The van der Waals surface area contributed by atoms with E-state index >= 15 is 0 Å². The van der Waals surface area contributed by atoms with Crippen LogP contribution in [0.1, 0.15) is 5.69 Å². The largest absolute Gasteiger partial charge is 0.324 e. The lowest BCUT2D eigenvalue weighted by Gasteiger charge is -2.05. The number of amides is 1. The van der Waals surface area contributed by atoms with Gasteiger partial charge < -0.3 is 5.32 Å². The summed E-state index contributed by atoms with van der Waals surface area (Å²) < 4.78 is 2.43. The number of carbonyl (C=O) groups excluding carboxylic acids is 1. The predicted molar refractivity (Wildman–Crippen MR) is 87.0 cm³/mol. The molecule has 0 bridgehead atoms. The van der Waals surface area contributed by atoms with Crippen molar-refractivity contribution in [3.63, 3.8) is 0 Å². The average molecular weight is 343 g/mol. The standard InChI is InChI=1S/C14H13N7O4/c1-8-12-13(17-19(8)2)14(23)20(18-16-12)7-11(22)15-9-3-5-10(6-4-9)21(24)25/h3-6H,7H2,1-2H3,(H,15,22). The van der Waals surface area contributed by atoms with Gasteiger partial charge in [0.2, 0.25) is 5.91 Å². The number of carbonyl (C=O) groups is 1. The first-order chi connectivity index (χ1) is 11.9. The van der Waals surface area contributed by atoms with E-state index < -0.39 is 16.4 Å². The Kier molecular flexibility index (Phi) is 3.97. The van der Waals surface area contributed by atoms with Crippen LogP contribution in [0.4, 0.5) is 11.4 Å². The van der Waals surface area contributed by atoms with Gasteiger partial charge in [-0.1, -0.05) is 5.21 Å². The fourth-order valence-corrected chi connectivity index (χ4v) is 2.23. The van der Waals surface area contributed by atoms with E-state index in [1.54, 1.807) is 14.0 Å². The molecule has 3 rings (SSSR count). The summed E-state index contributed by atoms with van der Waals surface area (Å²) in [6, 6.07) is 5.33. The number of hydrogen-bond acceptors (Lipinski definition) is 7. The highest BCUT2D eigenvalue weighted by Crippen LogP contribution is 2.15. The van der Waals surface area contributed by atoms with E-state index in [1.807, 2.05) is 0 Å². The zero-order chi connectivity index (χ0) is 18.1. The lowest BCUT2D eigenvalue weighted by molar-refractivity contribution is -0.384. The van der Waals surface area contributed by atoms with E-state index in [0.29, 0.717) is 16.9 Å².